The normalized spacial score (nSPS) is 27.2. The van der Waals surface area contributed by atoms with E-state index in [1.165, 1.54) is 18.4 Å². The van der Waals surface area contributed by atoms with Crippen molar-refractivity contribution in [3.63, 3.8) is 0 Å². The van der Waals surface area contributed by atoms with E-state index in [9.17, 15) is 0 Å². The van der Waals surface area contributed by atoms with E-state index in [1.807, 2.05) is 18.2 Å². The van der Waals surface area contributed by atoms with Gasteiger partial charge >= 0.3 is 0 Å². The van der Waals surface area contributed by atoms with E-state index < -0.39 is 0 Å². The molecule has 0 radical (unpaired) electrons. The molecule has 2 N–H and O–H groups in total. The minimum atomic E-state index is 0.363. The summed E-state index contributed by atoms with van der Waals surface area (Å²) in [5, 5.41) is 1.58. The topological polar surface area (TPSA) is 26.0 Å². The molecule has 1 saturated carbocycles. The molecule has 0 aromatic heterocycles. The van der Waals surface area contributed by atoms with Crippen molar-refractivity contribution < 1.29 is 0 Å². The fraction of sp³-hybridized carbons (Fsp3) is 0.600. The average molecular weight is 286 g/mol. The molecule has 3 heteroatoms. The van der Waals surface area contributed by atoms with Gasteiger partial charge in [-0.3, -0.25) is 0 Å². The van der Waals surface area contributed by atoms with E-state index >= 15 is 0 Å². The Balaban J connectivity index is 2.35. The van der Waals surface area contributed by atoms with Gasteiger partial charge in [-0.15, -0.1) is 0 Å². The highest BCUT2D eigenvalue weighted by atomic mass is 35.5. The molecule has 0 heterocycles. The number of hydrogen-bond donors (Lipinski definition) is 1. The molecule has 0 aliphatic heterocycles. The lowest BCUT2D eigenvalue weighted by Crippen LogP contribution is -2.32. The summed E-state index contributed by atoms with van der Waals surface area (Å²) >= 11 is 12.5. The van der Waals surface area contributed by atoms with Crippen LogP contribution >= 0.6 is 23.2 Å². The second kappa shape index (κ2) is 5.40. The predicted molar refractivity (Wildman–Crippen MR) is 79.4 cm³/mol. The van der Waals surface area contributed by atoms with Crippen molar-refractivity contribution in [3.8, 4) is 0 Å². The molecule has 2 rings (SSSR count). The Hall–Kier alpha value is -0.240. The van der Waals surface area contributed by atoms with Crippen LogP contribution in [0.1, 0.15) is 44.6 Å². The Morgan fingerprint density at radius 3 is 2.72 bits per heavy atom. The van der Waals surface area contributed by atoms with Gasteiger partial charge in [0, 0.05) is 10.0 Å². The molecule has 1 aromatic rings. The van der Waals surface area contributed by atoms with Crippen molar-refractivity contribution >= 4 is 23.2 Å². The lowest BCUT2D eigenvalue weighted by molar-refractivity contribution is 0.166. The van der Waals surface area contributed by atoms with Crippen LogP contribution in [-0.2, 0) is 0 Å². The third kappa shape index (κ3) is 3.01. The zero-order valence-electron chi connectivity index (χ0n) is 11.0. The zero-order chi connectivity index (χ0) is 13.3. The Bertz CT molecular complexity index is 429. The SMILES string of the molecule is CC1(C)CCC(CN)C(c2cc(Cl)ccc2Cl)C1. The first-order valence-corrected chi connectivity index (χ1v) is 7.33. The highest BCUT2D eigenvalue weighted by Gasteiger charge is 2.35. The maximum absolute atomic E-state index is 6.35. The molecule has 0 spiro atoms. The van der Waals surface area contributed by atoms with Crippen LogP contribution in [-0.4, -0.2) is 6.54 Å². The Morgan fingerprint density at radius 1 is 1.33 bits per heavy atom. The minimum absolute atomic E-state index is 0.363. The van der Waals surface area contributed by atoms with Gasteiger partial charge in [-0.1, -0.05) is 37.0 Å². The maximum atomic E-state index is 6.35. The largest absolute Gasteiger partial charge is 0.330 e. The maximum Gasteiger partial charge on any atom is 0.0441 e. The van der Waals surface area contributed by atoms with Crippen LogP contribution in [0.15, 0.2) is 18.2 Å². The molecule has 1 aliphatic rings. The summed E-state index contributed by atoms with van der Waals surface area (Å²) in [5.74, 6) is 0.957. The van der Waals surface area contributed by atoms with Crippen LogP contribution < -0.4 is 5.73 Å². The van der Waals surface area contributed by atoms with Crippen LogP contribution in [0.3, 0.4) is 0 Å². The van der Waals surface area contributed by atoms with Crippen molar-refractivity contribution in [1.29, 1.82) is 0 Å². The first kappa shape index (κ1) is 14.2. The average Bonchev–Trinajstić information content (AvgIpc) is 2.31. The molecular weight excluding hydrogens is 265 g/mol. The van der Waals surface area contributed by atoms with Crippen LogP contribution in [0.2, 0.25) is 10.0 Å². The highest BCUT2D eigenvalue weighted by molar-refractivity contribution is 6.33. The summed E-state index contributed by atoms with van der Waals surface area (Å²) in [4.78, 5) is 0. The lowest BCUT2D eigenvalue weighted by atomic mass is 9.65. The van der Waals surface area contributed by atoms with Gasteiger partial charge in [0.2, 0.25) is 0 Å². The van der Waals surface area contributed by atoms with Gasteiger partial charge in [0.25, 0.3) is 0 Å². The Kier molecular flexibility index (Phi) is 4.25. The fourth-order valence-corrected chi connectivity index (χ4v) is 3.52. The second-order valence-corrected chi connectivity index (χ2v) is 7.02. The monoisotopic (exact) mass is 285 g/mol. The van der Waals surface area contributed by atoms with Crippen LogP contribution in [0.25, 0.3) is 0 Å². The quantitative estimate of drug-likeness (QED) is 0.825. The Morgan fingerprint density at radius 2 is 2.06 bits per heavy atom. The molecule has 2 atom stereocenters. The van der Waals surface area contributed by atoms with Gasteiger partial charge < -0.3 is 5.73 Å². The van der Waals surface area contributed by atoms with Gasteiger partial charge in [0.05, 0.1) is 0 Å². The standard InChI is InChI=1S/C15H21Cl2N/c1-15(2)6-5-10(9-18)13(8-15)12-7-11(16)3-4-14(12)17/h3-4,7,10,13H,5-6,8-9,18H2,1-2H3. The smallest absolute Gasteiger partial charge is 0.0441 e. The molecule has 2 unspecified atom stereocenters. The first-order valence-electron chi connectivity index (χ1n) is 6.58. The number of hydrogen-bond acceptors (Lipinski definition) is 1. The molecule has 0 bridgehead atoms. The summed E-state index contributed by atoms with van der Waals surface area (Å²) < 4.78 is 0. The van der Waals surface area contributed by atoms with E-state index in [4.69, 9.17) is 28.9 Å². The van der Waals surface area contributed by atoms with Gasteiger partial charge in [0.15, 0.2) is 0 Å². The molecule has 100 valence electrons. The first-order chi connectivity index (χ1) is 8.43. The van der Waals surface area contributed by atoms with Crippen molar-refractivity contribution in [2.24, 2.45) is 17.1 Å². The van der Waals surface area contributed by atoms with Gasteiger partial charge in [0.1, 0.15) is 0 Å². The van der Waals surface area contributed by atoms with Crippen molar-refractivity contribution in [2.75, 3.05) is 6.54 Å². The molecular formula is C15H21Cl2N. The second-order valence-electron chi connectivity index (χ2n) is 6.18. The third-order valence-corrected chi connectivity index (χ3v) is 4.77. The van der Waals surface area contributed by atoms with E-state index in [2.05, 4.69) is 13.8 Å². The molecule has 1 aromatic carbocycles. The van der Waals surface area contributed by atoms with E-state index in [1.54, 1.807) is 0 Å². The Labute approximate surface area is 120 Å². The summed E-state index contributed by atoms with van der Waals surface area (Å²) in [6, 6.07) is 5.76. The van der Waals surface area contributed by atoms with Crippen molar-refractivity contribution in [2.45, 2.75) is 39.0 Å². The van der Waals surface area contributed by atoms with Crippen LogP contribution in [0.5, 0.6) is 0 Å². The molecule has 1 fully saturated rings. The van der Waals surface area contributed by atoms with Crippen molar-refractivity contribution in [1.82, 2.24) is 0 Å². The number of halogens is 2. The zero-order valence-corrected chi connectivity index (χ0v) is 12.6. The summed E-state index contributed by atoms with van der Waals surface area (Å²) in [6.45, 7) is 5.37. The molecule has 0 saturated heterocycles. The molecule has 18 heavy (non-hydrogen) atoms. The third-order valence-electron chi connectivity index (χ3n) is 4.19. The van der Waals surface area contributed by atoms with Crippen LogP contribution in [0, 0.1) is 11.3 Å². The molecule has 1 aliphatic carbocycles. The van der Waals surface area contributed by atoms with Crippen molar-refractivity contribution in [3.05, 3.63) is 33.8 Å². The highest BCUT2D eigenvalue weighted by Crippen LogP contribution is 2.48. The van der Waals surface area contributed by atoms with E-state index in [-0.39, 0.29) is 0 Å². The summed E-state index contributed by atoms with van der Waals surface area (Å²) in [7, 11) is 0. The fourth-order valence-electron chi connectivity index (χ4n) is 3.09. The van der Waals surface area contributed by atoms with E-state index in [0.29, 0.717) is 17.3 Å². The number of rotatable bonds is 2. The van der Waals surface area contributed by atoms with Gasteiger partial charge in [-0.05, 0) is 66.8 Å². The summed E-state index contributed by atoms with van der Waals surface area (Å²) in [6.07, 6.45) is 3.55. The summed E-state index contributed by atoms with van der Waals surface area (Å²) in [5.41, 5.74) is 7.47. The van der Waals surface area contributed by atoms with Crippen LogP contribution in [0.4, 0.5) is 0 Å². The lowest BCUT2D eigenvalue weighted by Gasteiger charge is -2.41. The predicted octanol–water partition coefficient (Wildman–Crippen LogP) is 4.86. The molecule has 1 nitrogen and oxygen atoms in total. The van der Waals surface area contributed by atoms with E-state index in [0.717, 1.165) is 23.0 Å². The minimum Gasteiger partial charge on any atom is -0.330 e. The number of nitrogens with two attached hydrogens (primary N) is 1. The van der Waals surface area contributed by atoms with Gasteiger partial charge in [-0.2, -0.15) is 0 Å². The van der Waals surface area contributed by atoms with Gasteiger partial charge in [-0.25, -0.2) is 0 Å². The molecule has 0 amide bonds. The number of benzene rings is 1.